The van der Waals surface area contributed by atoms with E-state index in [4.69, 9.17) is 4.74 Å². The molecule has 3 heterocycles. The van der Waals surface area contributed by atoms with Gasteiger partial charge in [0.2, 0.25) is 5.91 Å². The molecule has 0 aromatic carbocycles. The van der Waals surface area contributed by atoms with E-state index in [9.17, 15) is 4.79 Å². The van der Waals surface area contributed by atoms with E-state index in [0.29, 0.717) is 6.04 Å². The first-order chi connectivity index (χ1) is 12.7. The molecule has 1 N–H and O–H groups in total. The van der Waals surface area contributed by atoms with Gasteiger partial charge < -0.3 is 19.9 Å². The highest BCUT2D eigenvalue weighted by Gasteiger charge is 2.25. The molecule has 0 spiro atoms. The fourth-order valence-corrected chi connectivity index (χ4v) is 4.39. The Morgan fingerprint density at radius 2 is 1.89 bits per heavy atom. The molecule has 1 aromatic heterocycles. The summed E-state index contributed by atoms with van der Waals surface area (Å²) in [6.07, 6.45) is 0. The van der Waals surface area contributed by atoms with E-state index in [1.807, 2.05) is 11.9 Å². The number of carbonyl (C=O) groups is 1. The monoisotopic (exact) mass is 507 g/mol. The Morgan fingerprint density at radius 3 is 2.44 bits per heavy atom. The molecule has 152 valence electrons. The predicted octanol–water partition coefficient (Wildman–Crippen LogP) is 1.48. The fraction of sp³-hybridized carbons (Fsp3) is 0.667. The minimum Gasteiger partial charge on any atom is -0.379 e. The standard InChI is InChI=1S/C18H29N5O2S.HI/c1-15(24)21-5-7-23(8-6-21)18(19-2)20-14-16(17-4-3-13-26-17)22-9-11-25-12-10-22;/h3-4,13,16H,5-12,14H2,1-2H3,(H,19,20);1H. The van der Waals surface area contributed by atoms with Crippen LogP contribution in [0, 0.1) is 0 Å². The van der Waals surface area contributed by atoms with Crippen LogP contribution in [0.5, 0.6) is 0 Å². The van der Waals surface area contributed by atoms with E-state index in [-0.39, 0.29) is 29.9 Å². The van der Waals surface area contributed by atoms with Gasteiger partial charge in [-0.1, -0.05) is 6.07 Å². The Morgan fingerprint density at radius 1 is 1.22 bits per heavy atom. The van der Waals surface area contributed by atoms with Gasteiger partial charge in [0.1, 0.15) is 0 Å². The van der Waals surface area contributed by atoms with Gasteiger partial charge >= 0.3 is 0 Å². The number of nitrogens with zero attached hydrogens (tertiary/aromatic N) is 4. The van der Waals surface area contributed by atoms with Gasteiger partial charge in [-0.3, -0.25) is 14.7 Å². The van der Waals surface area contributed by atoms with E-state index >= 15 is 0 Å². The molecule has 0 aliphatic carbocycles. The van der Waals surface area contributed by atoms with Crippen LogP contribution in [0.15, 0.2) is 22.5 Å². The number of aliphatic imine (C=N–C) groups is 1. The minimum absolute atomic E-state index is 0. The summed E-state index contributed by atoms with van der Waals surface area (Å²) in [5.41, 5.74) is 0. The Balaban J connectivity index is 0.00000261. The largest absolute Gasteiger partial charge is 0.379 e. The zero-order valence-corrected chi connectivity index (χ0v) is 19.2. The summed E-state index contributed by atoms with van der Waals surface area (Å²) in [4.78, 5) is 24.0. The van der Waals surface area contributed by atoms with Gasteiger partial charge in [-0.25, -0.2) is 0 Å². The van der Waals surface area contributed by atoms with Crippen molar-refractivity contribution >= 4 is 47.2 Å². The Bertz CT molecular complexity index is 599. The molecule has 3 rings (SSSR count). The molecular formula is C18H30IN5O2S. The van der Waals surface area contributed by atoms with Crippen molar-refractivity contribution in [3.8, 4) is 0 Å². The lowest BCUT2D eigenvalue weighted by Gasteiger charge is -2.38. The smallest absolute Gasteiger partial charge is 0.219 e. The minimum atomic E-state index is 0. The fourth-order valence-electron chi connectivity index (χ4n) is 3.53. The van der Waals surface area contributed by atoms with E-state index in [0.717, 1.165) is 65.0 Å². The summed E-state index contributed by atoms with van der Waals surface area (Å²) in [5.74, 6) is 1.07. The van der Waals surface area contributed by atoms with Crippen LogP contribution in [-0.4, -0.2) is 92.6 Å². The Hall–Kier alpha value is -0.910. The maximum atomic E-state index is 11.5. The summed E-state index contributed by atoms with van der Waals surface area (Å²) in [7, 11) is 1.83. The van der Waals surface area contributed by atoms with Gasteiger partial charge in [0, 0.05) is 64.7 Å². The van der Waals surface area contributed by atoms with Crippen molar-refractivity contribution in [3.63, 3.8) is 0 Å². The maximum absolute atomic E-state index is 11.5. The second-order valence-corrected chi connectivity index (χ2v) is 7.58. The summed E-state index contributed by atoms with van der Waals surface area (Å²) in [6, 6.07) is 4.65. The number of amides is 1. The number of carbonyl (C=O) groups excluding carboxylic acids is 1. The molecule has 2 aliphatic heterocycles. The maximum Gasteiger partial charge on any atom is 0.219 e. The van der Waals surface area contributed by atoms with Gasteiger partial charge in [0.15, 0.2) is 5.96 Å². The zero-order valence-electron chi connectivity index (χ0n) is 16.1. The Labute approximate surface area is 182 Å². The van der Waals surface area contributed by atoms with E-state index in [2.05, 4.69) is 37.6 Å². The third-order valence-corrected chi connectivity index (χ3v) is 6.02. The van der Waals surface area contributed by atoms with Gasteiger partial charge in [-0.15, -0.1) is 35.3 Å². The van der Waals surface area contributed by atoms with Crippen molar-refractivity contribution in [2.45, 2.75) is 13.0 Å². The molecule has 1 unspecified atom stereocenters. The second kappa shape index (κ2) is 11.2. The molecule has 9 heteroatoms. The number of piperazine rings is 1. The number of thiophene rings is 1. The van der Waals surface area contributed by atoms with E-state index < -0.39 is 0 Å². The molecule has 1 amide bonds. The van der Waals surface area contributed by atoms with Crippen LogP contribution in [-0.2, 0) is 9.53 Å². The summed E-state index contributed by atoms with van der Waals surface area (Å²) in [5, 5.41) is 5.70. The van der Waals surface area contributed by atoms with Crippen LogP contribution >= 0.6 is 35.3 Å². The van der Waals surface area contributed by atoms with Gasteiger partial charge in [-0.2, -0.15) is 0 Å². The predicted molar refractivity (Wildman–Crippen MR) is 120 cm³/mol. The Kier molecular flexibility index (Phi) is 9.27. The number of ether oxygens (including phenoxy) is 1. The number of morpholine rings is 1. The number of hydrogen-bond acceptors (Lipinski definition) is 5. The highest BCUT2D eigenvalue weighted by Crippen LogP contribution is 2.25. The number of halogens is 1. The highest BCUT2D eigenvalue weighted by molar-refractivity contribution is 14.0. The van der Waals surface area contributed by atoms with Crippen LogP contribution in [0.4, 0.5) is 0 Å². The summed E-state index contributed by atoms with van der Waals surface area (Å²) in [6.45, 7) is 9.12. The lowest BCUT2D eigenvalue weighted by atomic mass is 10.2. The molecule has 0 bridgehead atoms. The van der Waals surface area contributed by atoms with E-state index in [1.165, 1.54) is 4.88 Å². The molecule has 1 atom stereocenters. The molecule has 1 aromatic rings. The van der Waals surface area contributed by atoms with Crippen molar-refractivity contribution in [2.75, 3.05) is 66.1 Å². The van der Waals surface area contributed by atoms with Crippen LogP contribution in [0.25, 0.3) is 0 Å². The number of nitrogens with one attached hydrogen (secondary N) is 1. The van der Waals surface area contributed by atoms with Gasteiger partial charge in [0.25, 0.3) is 0 Å². The first kappa shape index (κ1) is 22.4. The average Bonchev–Trinajstić information content (AvgIpc) is 3.20. The SMILES string of the molecule is CN=C(NCC(c1cccs1)N1CCOCC1)N1CCN(C(C)=O)CC1.I. The van der Waals surface area contributed by atoms with Crippen molar-refractivity contribution in [1.82, 2.24) is 20.0 Å². The second-order valence-electron chi connectivity index (χ2n) is 6.60. The number of hydrogen-bond donors (Lipinski definition) is 1. The summed E-state index contributed by atoms with van der Waals surface area (Å²) < 4.78 is 5.52. The highest BCUT2D eigenvalue weighted by atomic mass is 127. The molecule has 27 heavy (non-hydrogen) atoms. The number of guanidine groups is 1. The van der Waals surface area contributed by atoms with Crippen LogP contribution < -0.4 is 5.32 Å². The number of rotatable bonds is 4. The van der Waals surface area contributed by atoms with Crippen molar-refractivity contribution in [3.05, 3.63) is 22.4 Å². The van der Waals surface area contributed by atoms with Crippen molar-refractivity contribution < 1.29 is 9.53 Å². The normalized spacial score (nSPS) is 20.1. The third-order valence-electron chi connectivity index (χ3n) is 5.05. The molecule has 2 fully saturated rings. The topological polar surface area (TPSA) is 60.4 Å². The van der Waals surface area contributed by atoms with Gasteiger partial charge in [-0.05, 0) is 11.4 Å². The molecule has 2 saturated heterocycles. The van der Waals surface area contributed by atoms with Gasteiger partial charge in [0.05, 0.1) is 19.3 Å². The van der Waals surface area contributed by atoms with Crippen LogP contribution in [0.2, 0.25) is 0 Å². The van der Waals surface area contributed by atoms with Crippen molar-refractivity contribution in [1.29, 1.82) is 0 Å². The molecule has 2 aliphatic rings. The lowest BCUT2D eigenvalue weighted by molar-refractivity contribution is -0.130. The first-order valence-corrected chi connectivity index (χ1v) is 10.1. The third kappa shape index (κ3) is 6.03. The van der Waals surface area contributed by atoms with Crippen molar-refractivity contribution in [2.24, 2.45) is 4.99 Å². The lowest BCUT2D eigenvalue weighted by Crippen LogP contribution is -2.54. The first-order valence-electron chi connectivity index (χ1n) is 9.25. The molecular weight excluding hydrogens is 477 g/mol. The van der Waals surface area contributed by atoms with Crippen LogP contribution in [0.3, 0.4) is 0 Å². The molecule has 0 radical (unpaired) electrons. The molecule has 0 saturated carbocycles. The van der Waals surface area contributed by atoms with E-state index in [1.54, 1.807) is 18.3 Å². The average molecular weight is 507 g/mol. The summed E-state index contributed by atoms with van der Waals surface area (Å²) >= 11 is 1.80. The molecule has 7 nitrogen and oxygen atoms in total. The van der Waals surface area contributed by atoms with Crippen LogP contribution in [0.1, 0.15) is 17.8 Å². The quantitative estimate of drug-likeness (QED) is 0.380. The zero-order chi connectivity index (χ0) is 18.4.